The van der Waals surface area contributed by atoms with Gasteiger partial charge in [0.2, 0.25) is 0 Å². The highest BCUT2D eigenvalue weighted by atomic mass is 79.9. The summed E-state index contributed by atoms with van der Waals surface area (Å²) in [5.74, 6) is 0.112. The number of carbonyl (C=O) groups is 1. The zero-order valence-corrected chi connectivity index (χ0v) is 9.83. The van der Waals surface area contributed by atoms with Gasteiger partial charge in [-0.15, -0.1) is 0 Å². The molecule has 2 aliphatic heterocycles. The van der Waals surface area contributed by atoms with Gasteiger partial charge >= 0.3 is 0 Å². The van der Waals surface area contributed by atoms with E-state index in [1.165, 1.54) is 0 Å². The van der Waals surface area contributed by atoms with E-state index in [1.54, 1.807) is 7.11 Å². The molecule has 2 heterocycles. The van der Waals surface area contributed by atoms with Gasteiger partial charge in [0, 0.05) is 18.9 Å². The fourth-order valence-corrected chi connectivity index (χ4v) is 3.32. The van der Waals surface area contributed by atoms with Crippen molar-refractivity contribution >= 4 is 21.7 Å². The third-order valence-corrected chi connectivity index (χ3v) is 3.99. The minimum atomic E-state index is -0.865. The Labute approximate surface area is 91.6 Å². The lowest BCUT2D eigenvalue weighted by Gasteiger charge is -2.45. The molecule has 3 nitrogen and oxygen atoms in total. The Morgan fingerprint density at radius 2 is 2.50 bits per heavy atom. The molecule has 14 heavy (non-hydrogen) atoms. The van der Waals surface area contributed by atoms with Crippen LogP contribution in [0.4, 0.5) is 0 Å². The lowest BCUT2D eigenvalue weighted by atomic mass is 9.80. The zero-order chi connectivity index (χ0) is 10.4. The van der Waals surface area contributed by atoms with Crippen molar-refractivity contribution in [3.05, 3.63) is 12.2 Å². The number of halogens is 1. The van der Waals surface area contributed by atoms with Gasteiger partial charge in [-0.25, -0.2) is 0 Å². The molecule has 4 heteroatoms. The molecule has 2 aliphatic rings. The number of ether oxygens (including phenoxy) is 2. The number of carbonyl (C=O) groups excluding carboxylic acids is 1. The molecule has 2 bridgehead atoms. The molecule has 1 saturated heterocycles. The largest absolute Gasteiger partial charge is 0.366 e. The molecule has 0 amide bonds. The van der Waals surface area contributed by atoms with Crippen molar-refractivity contribution < 1.29 is 14.3 Å². The van der Waals surface area contributed by atoms with Gasteiger partial charge in [-0.3, -0.25) is 4.79 Å². The van der Waals surface area contributed by atoms with Crippen LogP contribution in [0.1, 0.15) is 13.3 Å². The number of alkyl halides is 1. The fraction of sp³-hybridized carbons (Fsp3) is 0.700. The third-order valence-electron chi connectivity index (χ3n) is 3.20. The fourth-order valence-electron chi connectivity index (χ4n) is 2.23. The van der Waals surface area contributed by atoms with Crippen LogP contribution < -0.4 is 0 Å². The van der Waals surface area contributed by atoms with Crippen LogP contribution in [-0.4, -0.2) is 35.5 Å². The molecule has 78 valence electrons. The zero-order valence-electron chi connectivity index (χ0n) is 8.25. The Balaban J connectivity index is 2.46. The number of Topliss-reactive ketones (excluding diaryl/α,β-unsaturated/α-hetero) is 1. The van der Waals surface area contributed by atoms with Crippen LogP contribution in [0.3, 0.4) is 0 Å². The van der Waals surface area contributed by atoms with E-state index in [9.17, 15) is 4.79 Å². The topological polar surface area (TPSA) is 35.5 Å². The first-order chi connectivity index (χ1) is 6.58. The van der Waals surface area contributed by atoms with Crippen LogP contribution in [0.5, 0.6) is 0 Å². The van der Waals surface area contributed by atoms with Crippen molar-refractivity contribution in [1.82, 2.24) is 0 Å². The Bertz CT molecular complexity index is 296. The third kappa shape index (κ3) is 1.08. The maximum Gasteiger partial charge on any atom is 0.171 e. The molecular weight excluding hydrogens is 248 g/mol. The van der Waals surface area contributed by atoms with Crippen LogP contribution in [-0.2, 0) is 14.3 Å². The van der Waals surface area contributed by atoms with Gasteiger partial charge in [-0.1, -0.05) is 28.1 Å². The first-order valence-electron chi connectivity index (χ1n) is 4.59. The highest BCUT2D eigenvalue weighted by Crippen LogP contribution is 2.44. The summed E-state index contributed by atoms with van der Waals surface area (Å²) in [4.78, 5) is 12.0. The van der Waals surface area contributed by atoms with Gasteiger partial charge in [0.1, 0.15) is 5.60 Å². The highest BCUT2D eigenvalue weighted by Gasteiger charge is 2.59. The summed E-state index contributed by atoms with van der Waals surface area (Å²) in [7, 11) is 1.56. The van der Waals surface area contributed by atoms with Gasteiger partial charge < -0.3 is 9.47 Å². The lowest BCUT2D eigenvalue weighted by molar-refractivity contribution is -0.193. The Hall–Kier alpha value is -0.190. The van der Waals surface area contributed by atoms with E-state index in [1.807, 2.05) is 19.1 Å². The van der Waals surface area contributed by atoms with Crippen LogP contribution >= 0.6 is 15.9 Å². The molecule has 0 aromatic rings. The second kappa shape index (κ2) is 3.15. The number of fused-ring (bicyclic) bond motifs is 2. The average Bonchev–Trinajstić information content (AvgIpc) is 2.47. The minimum absolute atomic E-state index is 0.0603. The maximum atomic E-state index is 12.0. The van der Waals surface area contributed by atoms with Gasteiger partial charge in [0.05, 0.1) is 6.10 Å². The van der Waals surface area contributed by atoms with Gasteiger partial charge in [0.25, 0.3) is 0 Å². The minimum Gasteiger partial charge on any atom is -0.366 e. The van der Waals surface area contributed by atoms with Crippen LogP contribution in [0.2, 0.25) is 0 Å². The Morgan fingerprint density at radius 1 is 1.79 bits per heavy atom. The van der Waals surface area contributed by atoms with Gasteiger partial charge in [-0.2, -0.15) is 0 Å². The molecule has 0 aliphatic carbocycles. The number of methoxy groups -OCH3 is 1. The molecule has 0 aromatic heterocycles. The summed E-state index contributed by atoms with van der Waals surface area (Å²) in [6, 6.07) is 0. The summed E-state index contributed by atoms with van der Waals surface area (Å²) in [6.07, 6.45) is 4.23. The highest BCUT2D eigenvalue weighted by molar-refractivity contribution is 9.09. The van der Waals surface area contributed by atoms with Crippen LogP contribution in [0.25, 0.3) is 0 Å². The van der Waals surface area contributed by atoms with Gasteiger partial charge in [0.15, 0.2) is 11.4 Å². The summed E-state index contributed by atoms with van der Waals surface area (Å²) in [6.45, 7) is 1.89. The number of ketones is 1. The molecular formula is C10H13BrO3. The van der Waals surface area contributed by atoms with Crippen molar-refractivity contribution in [3.63, 3.8) is 0 Å². The van der Waals surface area contributed by atoms with Crippen molar-refractivity contribution in [2.75, 3.05) is 12.4 Å². The summed E-state index contributed by atoms with van der Waals surface area (Å²) in [5.41, 5.74) is -1.48. The SMILES string of the molecule is CO[C@]1(CBr)C(=O)C[C@H]2C=C[C@]1(C)O2. The molecule has 3 atom stereocenters. The monoisotopic (exact) mass is 260 g/mol. The number of rotatable bonds is 2. The second-order valence-electron chi connectivity index (χ2n) is 3.91. The van der Waals surface area contributed by atoms with Crippen LogP contribution in [0, 0.1) is 0 Å². The molecule has 2 rings (SSSR count). The molecule has 1 fully saturated rings. The Kier molecular flexibility index (Phi) is 2.33. The normalized spacial score (nSPS) is 45.9. The first-order valence-corrected chi connectivity index (χ1v) is 5.72. The van der Waals surface area contributed by atoms with E-state index >= 15 is 0 Å². The van der Waals surface area contributed by atoms with E-state index in [0.29, 0.717) is 11.8 Å². The van der Waals surface area contributed by atoms with E-state index in [0.717, 1.165) is 0 Å². The van der Waals surface area contributed by atoms with Crippen molar-refractivity contribution in [2.45, 2.75) is 30.7 Å². The Morgan fingerprint density at radius 3 is 3.07 bits per heavy atom. The van der Waals surface area contributed by atoms with Crippen LogP contribution in [0.15, 0.2) is 12.2 Å². The molecule has 0 radical (unpaired) electrons. The van der Waals surface area contributed by atoms with E-state index in [4.69, 9.17) is 9.47 Å². The number of hydrogen-bond acceptors (Lipinski definition) is 3. The smallest absolute Gasteiger partial charge is 0.171 e. The van der Waals surface area contributed by atoms with Crippen molar-refractivity contribution in [3.8, 4) is 0 Å². The van der Waals surface area contributed by atoms with E-state index in [-0.39, 0.29) is 11.9 Å². The summed E-state index contributed by atoms with van der Waals surface area (Å²) >= 11 is 3.34. The molecule has 0 spiro atoms. The average molecular weight is 261 g/mol. The maximum absolute atomic E-state index is 12.0. The molecule has 0 saturated carbocycles. The first kappa shape index (κ1) is 10.3. The standard InChI is InChI=1S/C10H13BrO3/c1-9-4-3-7(14-9)5-8(12)10(9,6-11)13-2/h3-4,7H,5-6H2,1-2H3/t7-,9+,10-/m1/s1. The molecule has 0 N–H and O–H groups in total. The predicted octanol–water partition coefficient (Wildman–Crippen LogP) is 1.45. The van der Waals surface area contributed by atoms with Crippen molar-refractivity contribution in [1.29, 1.82) is 0 Å². The summed E-state index contributed by atoms with van der Waals surface area (Å²) in [5, 5.41) is 0.461. The molecule has 0 aromatic carbocycles. The predicted molar refractivity (Wildman–Crippen MR) is 55.6 cm³/mol. The van der Waals surface area contributed by atoms with E-state index < -0.39 is 11.2 Å². The molecule has 0 unspecified atom stereocenters. The second-order valence-corrected chi connectivity index (χ2v) is 4.48. The summed E-state index contributed by atoms with van der Waals surface area (Å²) < 4.78 is 11.2. The van der Waals surface area contributed by atoms with Crippen molar-refractivity contribution in [2.24, 2.45) is 0 Å². The number of hydrogen-bond donors (Lipinski definition) is 0. The lowest BCUT2D eigenvalue weighted by Crippen LogP contribution is -2.63. The van der Waals surface area contributed by atoms with Gasteiger partial charge in [-0.05, 0) is 6.92 Å². The quantitative estimate of drug-likeness (QED) is 0.557. The van der Waals surface area contributed by atoms with E-state index in [2.05, 4.69) is 15.9 Å².